The van der Waals surface area contributed by atoms with Crippen LogP contribution in [-0.2, 0) is 18.9 Å². The van der Waals surface area contributed by atoms with Gasteiger partial charge in [0.2, 0.25) is 0 Å². The first-order valence-corrected chi connectivity index (χ1v) is 8.15. The number of esters is 2. The third-order valence-corrected chi connectivity index (χ3v) is 3.73. The largest absolute Gasteiger partial charge is 0.461 e. The molecule has 0 aliphatic heterocycles. The van der Waals surface area contributed by atoms with Crippen molar-refractivity contribution in [3.05, 3.63) is 71.8 Å². The van der Waals surface area contributed by atoms with Gasteiger partial charge < -0.3 is 18.9 Å². The van der Waals surface area contributed by atoms with E-state index in [2.05, 4.69) is 0 Å². The number of carbonyl (C=O) groups excluding carboxylic acids is 2. The fourth-order valence-electron chi connectivity index (χ4n) is 2.37. The normalized spacial score (nSPS) is 10.8. The van der Waals surface area contributed by atoms with Gasteiger partial charge in [-0.1, -0.05) is 36.4 Å². The zero-order valence-electron chi connectivity index (χ0n) is 14.8. The first-order valence-electron chi connectivity index (χ1n) is 8.15. The van der Waals surface area contributed by atoms with Gasteiger partial charge in [0.05, 0.1) is 17.0 Å². The highest BCUT2D eigenvalue weighted by molar-refractivity contribution is 5.89. The molecule has 0 saturated heterocycles. The molecule has 0 atom stereocenters. The maximum atomic E-state index is 12.1. The molecule has 0 bridgehead atoms. The lowest BCUT2D eigenvalue weighted by molar-refractivity contribution is -0.155. The lowest BCUT2D eigenvalue weighted by atomic mass is 10.1. The van der Waals surface area contributed by atoms with E-state index in [1.54, 1.807) is 48.5 Å². The first-order chi connectivity index (χ1) is 12.7. The van der Waals surface area contributed by atoms with Gasteiger partial charge >= 0.3 is 11.9 Å². The fraction of sp³-hybridized carbons (Fsp3) is 0.300. The zero-order chi connectivity index (χ0) is 18.8. The van der Waals surface area contributed by atoms with Gasteiger partial charge in [0.15, 0.2) is 6.29 Å². The van der Waals surface area contributed by atoms with Gasteiger partial charge in [-0.3, -0.25) is 0 Å². The van der Waals surface area contributed by atoms with Crippen LogP contribution in [0.2, 0.25) is 0 Å². The molecule has 0 aliphatic rings. The molecular formula is C20H22O6. The lowest BCUT2D eigenvalue weighted by Gasteiger charge is -2.24. The number of hydrogen-bond donors (Lipinski definition) is 0. The van der Waals surface area contributed by atoms with Gasteiger partial charge in [0.25, 0.3) is 0 Å². The standard InChI is InChI=1S/C20H22O6/c1-23-20(24-2)17(13-25-18(21)15-9-5-3-6-10-15)14-26-19(22)16-11-7-4-8-12-16/h3-12,17,20H,13-14H2,1-2H3. The highest BCUT2D eigenvalue weighted by atomic mass is 16.7. The monoisotopic (exact) mass is 358 g/mol. The predicted octanol–water partition coefficient (Wildman–Crippen LogP) is 2.94. The van der Waals surface area contributed by atoms with E-state index in [-0.39, 0.29) is 13.2 Å². The summed E-state index contributed by atoms with van der Waals surface area (Å²) in [6.45, 7) is -0.0235. The molecule has 6 nitrogen and oxygen atoms in total. The molecular weight excluding hydrogens is 336 g/mol. The lowest BCUT2D eigenvalue weighted by Crippen LogP contribution is -2.34. The summed E-state index contributed by atoms with van der Waals surface area (Å²) >= 11 is 0. The number of benzene rings is 2. The maximum absolute atomic E-state index is 12.1. The second kappa shape index (κ2) is 10.3. The van der Waals surface area contributed by atoms with Crippen molar-refractivity contribution in [1.29, 1.82) is 0 Å². The Hall–Kier alpha value is -2.70. The molecule has 2 rings (SSSR count). The molecule has 0 saturated carbocycles. The summed E-state index contributed by atoms with van der Waals surface area (Å²) in [5.41, 5.74) is 0.887. The van der Waals surface area contributed by atoms with Crippen molar-refractivity contribution in [3.8, 4) is 0 Å². The van der Waals surface area contributed by atoms with Crippen LogP contribution in [0.3, 0.4) is 0 Å². The van der Waals surface area contributed by atoms with E-state index in [1.807, 2.05) is 12.1 Å². The molecule has 0 amide bonds. The quantitative estimate of drug-likeness (QED) is 0.507. The van der Waals surface area contributed by atoms with Gasteiger partial charge in [-0.2, -0.15) is 0 Å². The number of rotatable bonds is 9. The minimum Gasteiger partial charge on any atom is -0.461 e. The van der Waals surface area contributed by atoms with Crippen molar-refractivity contribution < 1.29 is 28.5 Å². The van der Waals surface area contributed by atoms with Crippen LogP contribution in [0.4, 0.5) is 0 Å². The van der Waals surface area contributed by atoms with Crippen LogP contribution >= 0.6 is 0 Å². The van der Waals surface area contributed by atoms with Crippen molar-refractivity contribution >= 4 is 11.9 Å². The molecule has 0 unspecified atom stereocenters. The van der Waals surface area contributed by atoms with E-state index in [4.69, 9.17) is 18.9 Å². The third-order valence-electron chi connectivity index (χ3n) is 3.73. The van der Waals surface area contributed by atoms with Gasteiger partial charge in [0, 0.05) is 14.2 Å². The van der Waals surface area contributed by atoms with Gasteiger partial charge in [-0.25, -0.2) is 9.59 Å². The molecule has 0 radical (unpaired) electrons. The second-order valence-electron chi connectivity index (χ2n) is 5.53. The Labute approximate surface area is 152 Å². The van der Waals surface area contributed by atoms with E-state index in [9.17, 15) is 9.59 Å². The second-order valence-corrected chi connectivity index (χ2v) is 5.53. The molecule has 0 N–H and O–H groups in total. The molecule has 0 aliphatic carbocycles. The zero-order valence-corrected chi connectivity index (χ0v) is 14.8. The number of ether oxygens (including phenoxy) is 4. The van der Waals surface area contributed by atoms with Crippen LogP contribution in [0.5, 0.6) is 0 Å². The summed E-state index contributed by atoms with van der Waals surface area (Å²) in [5.74, 6) is -1.39. The van der Waals surface area contributed by atoms with Crippen LogP contribution in [-0.4, -0.2) is 45.7 Å². The molecule has 2 aromatic carbocycles. The van der Waals surface area contributed by atoms with Crippen molar-refractivity contribution in [2.24, 2.45) is 5.92 Å². The molecule has 0 spiro atoms. The summed E-state index contributed by atoms with van der Waals surface area (Å²) in [6.07, 6.45) is -0.679. The van der Waals surface area contributed by atoms with E-state index in [0.29, 0.717) is 11.1 Å². The van der Waals surface area contributed by atoms with Crippen LogP contribution in [0.15, 0.2) is 60.7 Å². The number of methoxy groups -OCH3 is 2. The number of carbonyl (C=O) groups is 2. The van der Waals surface area contributed by atoms with Gasteiger partial charge in [-0.15, -0.1) is 0 Å². The summed E-state index contributed by atoms with van der Waals surface area (Å²) in [4.78, 5) is 24.2. The molecule has 2 aromatic rings. The molecule has 26 heavy (non-hydrogen) atoms. The Bertz CT molecular complexity index is 626. The van der Waals surface area contributed by atoms with Crippen LogP contribution in [0, 0.1) is 5.92 Å². The molecule has 0 fully saturated rings. The Balaban J connectivity index is 1.95. The summed E-state index contributed by atoms with van der Waals surface area (Å²) in [6, 6.07) is 17.3. The highest BCUT2D eigenvalue weighted by Crippen LogP contribution is 2.13. The summed E-state index contributed by atoms with van der Waals surface area (Å²) in [5, 5.41) is 0. The molecule has 6 heteroatoms. The van der Waals surface area contributed by atoms with Crippen LogP contribution < -0.4 is 0 Å². The fourth-order valence-corrected chi connectivity index (χ4v) is 2.37. The topological polar surface area (TPSA) is 71.1 Å². The Morgan fingerprint density at radius 3 is 1.46 bits per heavy atom. The summed E-state index contributed by atoms with van der Waals surface area (Å²) in [7, 11) is 2.94. The minimum absolute atomic E-state index is 0.0118. The van der Waals surface area contributed by atoms with Crippen molar-refractivity contribution in [3.63, 3.8) is 0 Å². The highest BCUT2D eigenvalue weighted by Gasteiger charge is 2.25. The average Bonchev–Trinajstić information content (AvgIpc) is 2.71. The Kier molecular flexibility index (Phi) is 7.79. The van der Waals surface area contributed by atoms with E-state index in [0.717, 1.165) is 0 Å². The molecule has 138 valence electrons. The SMILES string of the molecule is COC(OC)C(COC(=O)c1ccccc1)COC(=O)c1ccccc1. The van der Waals surface area contributed by atoms with Crippen molar-refractivity contribution in [2.75, 3.05) is 27.4 Å². The van der Waals surface area contributed by atoms with Crippen molar-refractivity contribution in [2.45, 2.75) is 6.29 Å². The van der Waals surface area contributed by atoms with Crippen molar-refractivity contribution in [1.82, 2.24) is 0 Å². The van der Waals surface area contributed by atoms with Gasteiger partial charge in [-0.05, 0) is 24.3 Å². The van der Waals surface area contributed by atoms with Gasteiger partial charge in [0.1, 0.15) is 13.2 Å². The van der Waals surface area contributed by atoms with Crippen LogP contribution in [0.25, 0.3) is 0 Å². The molecule has 0 aromatic heterocycles. The minimum atomic E-state index is -0.679. The van der Waals surface area contributed by atoms with E-state index in [1.165, 1.54) is 14.2 Å². The predicted molar refractivity (Wildman–Crippen MR) is 94.7 cm³/mol. The van der Waals surface area contributed by atoms with Crippen LogP contribution in [0.1, 0.15) is 20.7 Å². The Morgan fingerprint density at radius 2 is 1.12 bits per heavy atom. The third kappa shape index (κ3) is 5.68. The maximum Gasteiger partial charge on any atom is 0.338 e. The summed E-state index contributed by atoms with van der Waals surface area (Å²) < 4.78 is 21.1. The van der Waals surface area contributed by atoms with E-state index >= 15 is 0 Å². The number of hydrogen-bond acceptors (Lipinski definition) is 6. The first kappa shape index (κ1) is 19.6. The Morgan fingerprint density at radius 1 is 0.731 bits per heavy atom. The van der Waals surface area contributed by atoms with E-state index < -0.39 is 24.1 Å². The smallest absolute Gasteiger partial charge is 0.338 e. The average molecular weight is 358 g/mol. The molecule has 0 heterocycles.